The monoisotopic (exact) mass is 610 g/mol. The Morgan fingerprint density at radius 2 is 1.72 bits per heavy atom. The maximum atomic E-state index is 13.6. The van der Waals surface area contributed by atoms with E-state index >= 15 is 0 Å². The van der Waals surface area contributed by atoms with Gasteiger partial charge in [0.1, 0.15) is 23.0 Å². The molecule has 2 aliphatic heterocycles. The van der Waals surface area contributed by atoms with Crippen LogP contribution in [0.15, 0.2) is 22.8 Å². The summed E-state index contributed by atoms with van der Waals surface area (Å²) in [6.07, 6.45) is 8.89. The highest BCUT2D eigenvalue weighted by Crippen LogP contribution is 2.61. The van der Waals surface area contributed by atoms with Crippen molar-refractivity contribution in [2.45, 2.75) is 57.1 Å². The van der Waals surface area contributed by atoms with Crippen molar-refractivity contribution < 1.29 is 21.9 Å². The van der Waals surface area contributed by atoms with Gasteiger partial charge in [0.25, 0.3) is 5.91 Å². The van der Waals surface area contributed by atoms with Gasteiger partial charge in [-0.05, 0) is 74.8 Å². The molecule has 0 radical (unpaired) electrons. The lowest BCUT2D eigenvalue weighted by atomic mass is 9.48. The number of likely N-dealkylation sites (tertiary alicyclic amines) is 1. The van der Waals surface area contributed by atoms with Gasteiger partial charge in [0.15, 0.2) is 5.76 Å². The van der Waals surface area contributed by atoms with E-state index in [4.69, 9.17) is 7.48 Å². The molecule has 6 aliphatic rings. The highest BCUT2D eigenvalue weighted by molar-refractivity contribution is 14.1. The van der Waals surface area contributed by atoms with E-state index in [1.807, 2.05) is 9.80 Å². The second kappa shape index (κ2) is 9.81. The van der Waals surface area contributed by atoms with Gasteiger partial charge in [-0.25, -0.2) is 4.79 Å². The Labute approximate surface area is 225 Å². The number of amides is 4. The Hall–Kier alpha value is -1.82. The molecular formula is C26H35IN4O5. The number of rotatable bonds is 4. The summed E-state index contributed by atoms with van der Waals surface area (Å²) in [6, 6.07) is 3.39. The van der Waals surface area contributed by atoms with E-state index in [0.29, 0.717) is 68.9 Å². The van der Waals surface area contributed by atoms with Crippen LogP contribution in [0.1, 0.15) is 55.5 Å². The van der Waals surface area contributed by atoms with Gasteiger partial charge in [-0.15, -0.1) is 0 Å². The van der Waals surface area contributed by atoms with Crippen LogP contribution in [-0.2, 0) is 7.86 Å². The first kappa shape index (κ1) is 24.5. The van der Waals surface area contributed by atoms with E-state index in [9.17, 15) is 14.4 Å². The van der Waals surface area contributed by atoms with E-state index in [2.05, 4.69) is 28.3 Å². The summed E-state index contributed by atoms with van der Waals surface area (Å²) in [7, 11) is 0. The molecule has 4 saturated carbocycles. The molecular weight excluding hydrogens is 575 g/mol. The minimum Gasteiger partial charge on any atom is -0.459 e. The van der Waals surface area contributed by atoms with Crippen LogP contribution in [0.25, 0.3) is 0 Å². The number of halogens is 1. The lowest BCUT2D eigenvalue weighted by Crippen LogP contribution is -2.61. The van der Waals surface area contributed by atoms with Gasteiger partial charge in [0.05, 0.1) is 17.8 Å². The first-order chi connectivity index (χ1) is 17.5. The largest absolute Gasteiger partial charge is 0.459 e. The maximum absolute atomic E-state index is 13.6. The van der Waals surface area contributed by atoms with Crippen LogP contribution < -0.4 is 5.32 Å². The zero-order valence-corrected chi connectivity index (χ0v) is 22.7. The fourth-order valence-electron chi connectivity index (χ4n) is 7.87. The van der Waals surface area contributed by atoms with E-state index in [-0.39, 0.29) is 29.3 Å². The fraction of sp³-hybridized carbons (Fsp3) is 0.731. The molecule has 7 rings (SSSR count). The van der Waals surface area contributed by atoms with Gasteiger partial charge in [-0.2, -0.15) is 0 Å². The van der Waals surface area contributed by atoms with Crippen molar-refractivity contribution in [1.82, 2.24) is 20.0 Å². The number of piperazine rings is 1. The van der Waals surface area contributed by atoms with E-state index in [1.54, 1.807) is 17.0 Å². The summed E-state index contributed by atoms with van der Waals surface area (Å²) in [5.74, 6) is 2.06. The molecule has 9 nitrogen and oxygen atoms in total. The number of nitrogens with one attached hydrogen (secondary N) is 1. The molecule has 196 valence electrons. The molecule has 1 N–H and O–H groups in total. The Morgan fingerprint density at radius 1 is 1.00 bits per heavy atom. The molecule has 6 atom stereocenters. The number of furan rings is 1. The number of piperidine rings is 1. The predicted octanol–water partition coefficient (Wildman–Crippen LogP) is 3.30. The number of carbonyl (C=O) groups excluding carboxylic acids is 3. The molecule has 36 heavy (non-hydrogen) atoms. The van der Waals surface area contributed by atoms with Crippen LogP contribution in [0.3, 0.4) is 0 Å². The van der Waals surface area contributed by atoms with E-state index < -0.39 is 0 Å². The maximum Gasteiger partial charge on any atom is 0.320 e. The Morgan fingerprint density at radius 3 is 2.39 bits per heavy atom. The molecule has 4 amide bonds. The lowest BCUT2D eigenvalue weighted by molar-refractivity contribution is -0.157. The second-order valence-corrected chi connectivity index (χ2v) is 12.1. The summed E-state index contributed by atoms with van der Waals surface area (Å²) in [6.45, 7) is 3.27. The molecule has 0 spiro atoms. The summed E-state index contributed by atoms with van der Waals surface area (Å²) < 4.78 is 11.0. The van der Waals surface area contributed by atoms with Crippen molar-refractivity contribution in [3.05, 3.63) is 24.2 Å². The normalized spacial score (nSPS) is 35.7. The number of urea groups is 1. The zero-order valence-electron chi connectivity index (χ0n) is 20.6. The molecule has 4 aliphatic carbocycles. The SMILES string of the molecule is O=C(c1ccco1)N1CCN(C(=O)N2CCC[C@H](NC(=O)[C@@]34CC5CC(C3)C(OI)[C@H](C5)C4)C2)CC1. The Kier molecular flexibility index (Phi) is 6.68. The second-order valence-electron chi connectivity index (χ2n) is 11.6. The van der Waals surface area contributed by atoms with Crippen molar-refractivity contribution in [2.75, 3.05) is 39.3 Å². The van der Waals surface area contributed by atoms with Gasteiger partial charge in [0.2, 0.25) is 5.91 Å². The summed E-state index contributed by atoms with van der Waals surface area (Å²) in [5.41, 5.74) is -0.245. The number of nitrogens with zero attached hydrogens (tertiary/aromatic N) is 3. The Balaban J connectivity index is 1.03. The molecule has 1 aromatic rings. The highest BCUT2D eigenvalue weighted by Gasteiger charge is 2.59. The molecule has 10 heteroatoms. The van der Waals surface area contributed by atoms with Crippen molar-refractivity contribution in [1.29, 1.82) is 0 Å². The van der Waals surface area contributed by atoms with Crippen molar-refractivity contribution in [2.24, 2.45) is 23.2 Å². The zero-order chi connectivity index (χ0) is 24.9. The number of carbonyl (C=O) groups is 3. The van der Waals surface area contributed by atoms with Gasteiger partial charge < -0.3 is 27.5 Å². The number of hydrogen-bond donors (Lipinski definition) is 1. The average molecular weight is 610 g/mol. The number of hydrogen-bond acceptors (Lipinski definition) is 5. The standard InChI is InChI=1S/C26H35IN4O5/c27-36-22-18-11-17-12-19(22)15-26(13-17,14-18)24(33)28-20-3-1-5-31(16-20)25(34)30-8-6-29(7-9-30)23(32)21-4-2-10-35-21/h2,4,10,17-20,22H,1,3,5-9,11-16H2,(H,28,33)/t17?,18-,19?,20+,22?,26-/m1/s1. The highest BCUT2D eigenvalue weighted by atomic mass is 127. The minimum absolute atomic E-state index is 0.00152. The van der Waals surface area contributed by atoms with E-state index in [0.717, 1.165) is 32.1 Å². The molecule has 0 aromatic carbocycles. The molecule has 1 aromatic heterocycles. The van der Waals surface area contributed by atoms with Crippen molar-refractivity contribution >= 4 is 40.9 Å². The third-order valence-electron chi connectivity index (χ3n) is 9.37. The van der Waals surface area contributed by atoms with Gasteiger partial charge in [0, 0.05) is 45.3 Å². The summed E-state index contributed by atoms with van der Waals surface area (Å²) in [4.78, 5) is 44.9. The van der Waals surface area contributed by atoms with Gasteiger partial charge >= 0.3 is 6.03 Å². The van der Waals surface area contributed by atoms with Crippen LogP contribution in [-0.4, -0.2) is 84.0 Å². The van der Waals surface area contributed by atoms with Crippen LogP contribution in [0, 0.1) is 23.2 Å². The summed E-state index contributed by atoms with van der Waals surface area (Å²) >= 11 is 2.05. The van der Waals surface area contributed by atoms with Crippen LogP contribution in [0.2, 0.25) is 0 Å². The molecule has 6 fully saturated rings. The van der Waals surface area contributed by atoms with Crippen LogP contribution in [0.4, 0.5) is 4.79 Å². The molecule has 3 heterocycles. The quantitative estimate of drug-likeness (QED) is 0.529. The Bertz CT molecular complexity index is 978. The van der Waals surface area contributed by atoms with Gasteiger partial charge in [-0.3, -0.25) is 9.59 Å². The summed E-state index contributed by atoms with van der Waals surface area (Å²) in [5, 5.41) is 3.38. The van der Waals surface area contributed by atoms with E-state index in [1.165, 1.54) is 19.1 Å². The van der Waals surface area contributed by atoms with Crippen molar-refractivity contribution in [3.8, 4) is 0 Å². The molecule has 4 bridgehead atoms. The third kappa shape index (κ3) is 4.41. The third-order valence-corrected chi connectivity index (χ3v) is 9.95. The smallest absolute Gasteiger partial charge is 0.320 e. The lowest BCUT2D eigenvalue weighted by Gasteiger charge is -2.58. The topological polar surface area (TPSA) is 95.3 Å². The van der Waals surface area contributed by atoms with Crippen molar-refractivity contribution in [3.63, 3.8) is 0 Å². The average Bonchev–Trinajstić information content (AvgIpc) is 3.43. The molecule has 3 unspecified atom stereocenters. The first-order valence-electron chi connectivity index (χ1n) is 13.4. The fourth-order valence-corrected chi connectivity index (χ4v) is 8.70. The van der Waals surface area contributed by atoms with Crippen LogP contribution in [0.5, 0.6) is 0 Å². The first-order valence-corrected chi connectivity index (χ1v) is 14.3. The molecule has 2 saturated heterocycles. The van der Waals surface area contributed by atoms with Crippen LogP contribution >= 0.6 is 23.0 Å². The minimum atomic E-state index is -0.245. The van der Waals surface area contributed by atoms with Gasteiger partial charge in [-0.1, -0.05) is 0 Å². The predicted molar refractivity (Wildman–Crippen MR) is 139 cm³/mol.